The van der Waals surface area contributed by atoms with Gasteiger partial charge in [0.25, 0.3) is 0 Å². The smallest absolute Gasteiger partial charge is 0.119 e. The maximum atomic E-state index is 14.6. The fraction of sp³-hybridized carbons (Fsp3) is 0.176. The number of aryl methyl sites for hydroxylation is 1. The molecule has 182 valence electrons. The molecule has 2 unspecified atom stereocenters. The molecule has 5 aromatic rings. The fourth-order valence-corrected chi connectivity index (χ4v) is 6.32. The zero-order chi connectivity index (χ0) is 25.3. The predicted octanol–water partition coefficient (Wildman–Crippen LogP) is 8.72. The lowest BCUT2D eigenvalue weighted by molar-refractivity contribution is 0.626. The SMILES string of the molecule is Cc1ccc(NC2C=CC(F)=CC2c2ccc3c(c2)c2cccc4c2n3-c2ccccc2C4(C)C)cc1. The van der Waals surface area contributed by atoms with Gasteiger partial charge in [-0.2, -0.15) is 0 Å². The van der Waals surface area contributed by atoms with Crippen molar-refractivity contribution < 1.29 is 4.39 Å². The third-order valence-electron chi connectivity index (χ3n) is 8.26. The monoisotopic (exact) mass is 484 g/mol. The summed E-state index contributed by atoms with van der Waals surface area (Å²) in [5.74, 6) is -0.309. The molecule has 2 atom stereocenters. The van der Waals surface area contributed by atoms with Crippen LogP contribution in [0.1, 0.15) is 42.0 Å². The molecule has 0 saturated heterocycles. The van der Waals surface area contributed by atoms with Gasteiger partial charge >= 0.3 is 0 Å². The third-order valence-corrected chi connectivity index (χ3v) is 8.26. The van der Waals surface area contributed by atoms with Crippen molar-refractivity contribution in [1.29, 1.82) is 0 Å². The number of benzene rings is 4. The summed E-state index contributed by atoms with van der Waals surface area (Å²) in [6.07, 6.45) is 5.26. The Kier molecular flexibility index (Phi) is 4.75. The number of anilines is 1. The Morgan fingerprint density at radius 1 is 0.838 bits per heavy atom. The number of rotatable bonds is 3. The molecule has 0 radical (unpaired) electrons. The van der Waals surface area contributed by atoms with Gasteiger partial charge in [-0.05, 0) is 66.1 Å². The molecule has 1 aliphatic carbocycles. The zero-order valence-corrected chi connectivity index (χ0v) is 21.3. The van der Waals surface area contributed by atoms with Gasteiger partial charge in [0.1, 0.15) is 5.83 Å². The number of allylic oxidation sites excluding steroid dienone is 2. The van der Waals surface area contributed by atoms with E-state index >= 15 is 0 Å². The number of nitrogens with zero attached hydrogens (tertiary/aromatic N) is 1. The quantitative estimate of drug-likeness (QED) is 0.271. The van der Waals surface area contributed by atoms with Crippen molar-refractivity contribution in [3.8, 4) is 5.69 Å². The molecule has 2 heterocycles. The van der Waals surface area contributed by atoms with E-state index in [1.54, 1.807) is 12.2 Å². The molecule has 3 heteroatoms. The van der Waals surface area contributed by atoms with Crippen LogP contribution in [0.15, 0.2) is 109 Å². The average molecular weight is 485 g/mol. The second kappa shape index (κ2) is 7.94. The average Bonchev–Trinajstić information content (AvgIpc) is 3.24. The summed E-state index contributed by atoms with van der Waals surface area (Å²) in [6, 6.07) is 30.4. The first-order valence-corrected chi connectivity index (χ1v) is 13.0. The van der Waals surface area contributed by atoms with E-state index in [0.29, 0.717) is 0 Å². The van der Waals surface area contributed by atoms with Crippen LogP contribution in [0, 0.1) is 6.92 Å². The predicted molar refractivity (Wildman–Crippen MR) is 153 cm³/mol. The third kappa shape index (κ3) is 3.30. The van der Waals surface area contributed by atoms with Crippen molar-refractivity contribution in [2.45, 2.75) is 38.1 Å². The van der Waals surface area contributed by atoms with E-state index in [1.807, 2.05) is 6.08 Å². The minimum atomic E-state index is -0.189. The number of hydrogen-bond acceptors (Lipinski definition) is 1. The maximum Gasteiger partial charge on any atom is 0.119 e. The van der Waals surface area contributed by atoms with Crippen LogP contribution in [0.3, 0.4) is 0 Å². The van der Waals surface area contributed by atoms with Crippen LogP contribution >= 0.6 is 0 Å². The first-order valence-electron chi connectivity index (χ1n) is 13.0. The lowest BCUT2D eigenvalue weighted by Gasteiger charge is -2.34. The first kappa shape index (κ1) is 22.1. The van der Waals surface area contributed by atoms with Crippen molar-refractivity contribution in [2.24, 2.45) is 0 Å². The van der Waals surface area contributed by atoms with Gasteiger partial charge < -0.3 is 9.88 Å². The topological polar surface area (TPSA) is 17.0 Å². The molecule has 1 aliphatic heterocycles. The van der Waals surface area contributed by atoms with E-state index < -0.39 is 0 Å². The number of nitrogens with one attached hydrogen (secondary N) is 1. The van der Waals surface area contributed by atoms with Crippen LogP contribution in [-0.4, -0.2) is 10.6 Å². The largest absolute Gasteiger partial charge is 0.378 e. The summed E-state index contributed by atoms with van der Waals surface area (Å²) in [4.78, 5) is 0. The van der Waals surface area contributed by atoms with E-state index in [4.69, 9.17) is 0 Å². The van der Waals surface area contributed by atoms with E-state index in [-0.39, 0.29) is 23.2 Å². The molecule has 1 N–H and O–H groups in total. The molecule has 4 aromatic carbocycles. The normalized spacial score (nSPS) is 19.6. The van der Waals surface area contributed by atoms with E-state index in [9.17, 15) is 4.39 Å². The highest BCUT2D eigenvalue weighted by atomic mass is 19.1. The molecule has 0 amide bonds. The number of aromatic nitrogens is 1. The molecular weight excluding hydrogens is 455 g/mol. The van der Waals surface area contributed by atoms with E-state index in [1.165, 1.54) is 44.2 Å². The maximum absolute atomic E-state index is 14.6. The Hall–Kier alpha value is -4.11. The minimum Gasteiger partial charge on any atom is -0.378 e. The van der Waals surface area contributed by atoms with Crippen LogP contribution in [0.2, 0.25) is 0 Å². The van der Waals surface area contributed by atoms with Crippen molar-refractivity contribution >= 4 is 27.5 Å². The number of para-hydroxylation sites is 2. The Morgan fingerprint density at radius 2 is 1.62 bits per heavy atom. The molecule has 0 spiro atoms. The fourth-order valence-electron chi connectivity index (χ4n) is 6.32. The van der Waals surface area contributed by atoms with Crippen molar-refractivity contribution in [3.05, 3.63) is 131 Å². The Balaban J connectivity index is 1.41. The van der Waals surface area contributed by atoms with Crippen molar-refractivity contribution in [1.82, 2.24) is 4.57 Å². The van der Waals surface area contributed by atoms with Gasteiger partial charge in [-0.3, -0.25) is 0 Å². The summed E-state index contributed by atoms with van der Waals surface area (Å²) in [5, 5.41) is 6.07. The van der Waals surface area contributed by atoms with Crippen molar-refractivity contribution in [2.75, 3.05) is 5.32 Å². The molecular formula is C34H29FN2. The molecule has 1 aromatic heterocycles. The van der Waals surface area contributed by atoms with Gasteiger partial charge in [-0.25, -0.2) is 4.39 Å². The van der Waals surface area contributed by atoms with Crippen LogP contribution in [0.5, 0.6) is 0 Å². The van der Waals surface area contributed by atoms with E-state index in [0.717, 1.165) is 11.3 Å². The summed E-state index contributed by atoms with van der Waals surface area (Å²) in [6.45, 7) is 6.71. The van der Waals surface area contributed by atoms with Crippen LogP contribution in [0.25, 0.3) is 27.5 Å². The van der Waals surface area contributed by atoms with Crippen molar-refractivity contribution in [3.63, 3.8) is 0 Å². The lowest BCUT2D eigenvalue weighted by Crippen LogP contribution is -2.26. The molecule has 7 rings (SSSR count). The highest BCUT2D eigenvalue weighted by Gasteiger charge is 2.35. The molecule has 0 bridgehead atoms. The van der Waals surface area contributed by atoms with Gasteiger partial charge in [0.05, 0.1) is 22.8 Å². The first-order chi connectivity index (χ1) is 17.9. The van der Waals surface area contributed by atoms with Crippen LogP contribution in [-0.2, 0) is 5.41 Å². The Morgan fingerprint density at radius 3 is 2.46 bits per heavy atom. The second-order valence-electron chi connectivity index (χ2n) is 10.9. The summed E-state index contributed by atoms with van der Waals surface area (Å²) in [5.41, 5.74) is 9.65. The molecule has 2 aliphatic rings. The zero-order valence-electron chi connectivity index (χ0n) is 21.3. The van der Waals surface area contributed by atoms with Crippen LogP contribution in [0.4, 0.5) is 10.1 Å². The highest BCUT2D eigenvalue weighted by molar-refractivity contribution is 6.11. The Labute approximate surface area is 216 Å². The standard InChI is InChI=1S/C34H29FN2/c1-21-11-15-24(16-12-21)36-30-17-14-23(35)20-26(30)22-13-18-31-27(19-22)25-7-6-9-29-33(25)37(31)32-10-5-4-8-28(32)34(29,2)3/h4-20,26,30,36H,1-3H3. The van der Waals surface area contributed by atoms with Gasteiger partial charge in [-0.15, -0.1) is 0 Å². The highest BCUT2D eigenvalue weighted by Crippen LogP contribution is 2.47. The van der Waals surface area contributed by atoms with Gasteiger partial charge in [0.15, 0.2) is 0 Å². The second-order valence-corrected chi connectivity index (χ2v) is 10.9. The number of fused-ring (bicyclic) bond motifs is 5. The van der Waals surface area contributed by atoms with Gasteiger partial charge in [-0.1, -0.05) is 80.1 Å². The lowest BCUT2D eigenvalue weighted by atomic mass is 9.75. The number of hydrogen-bond donors (Lipinski definition) is 1. The minimum absolute atomic E-state index is 0.0427. The number of halogens is 1. The summed E-state index contributed by atoms with van der Waals surface area (Å²) < 4.78 is 17.0. The Bertz CT molecular complexity index is 1750. The van der Waals surface area contributed by atoms with E-state index in [2.05, 4.69) is 116 Å². The van der Waals surface area contributed by atoms with Gasteiger partial charge in [0, 0.05) is 27.8 Å². The molecule has 0 saturated carbocycles. The summed E-state index contributed by atoms with van der Waals surface area (Å²) in [7, 11) is 0. The summed E-state index contributed by atoms with van der Waals surface area (Å²) >= 11 is 0. The molecule has 2 nitrogen and oxygen atoms in total. The van der Waals surface area contributed by atoms with Gasteiger partial charge in [0.2, 0.25) is 0 Å². The molecule has 0 fully saturated rings. The van der Waals surface area contributed by atoms with Crippen LogP contribution < -0.4 is 5.32 Å². The molecule has 37 heavy (non-hydrogen) atoms.